The second-order valence-electron chi connectivity index (χ2n) is 7.75. The Morgan fingerprint density at radius 1 is 1.18 bits per heavy atom. The number of aromatic nitrogens is 1. The number of carbonyl (C=O) groups excluding carboxylic acids is 2. The number of pyridine rings is 1. The Labute approximate surface area is 187 Å². The molecule has 178 valence electrons. The predicted octanol–water partition coefficient (Wildman–Crippen LogP) is 4.09. The van der Waals surface area contributed by atoms with Crippen molar-refractivity contribution in [1.82, 2.24) is 4.98 Å². The molecule has 1 aromatic heterocycles. The van der Waals surface area contributed by atoms with Crippen LogP contribution in [0.25, 0.3) is 0 Å². The lowest BCUT2D eigenvalue weighted by molar-refractivity contribution is -0.272. The highest BCUT2D eigenvalue weighted by Crippen LogP contribution is 2.54. The second kappa shape index (κ2) is 8.97. The smallest absolute Gasteiger partial charge is 0.417 e. The highest BCUT2D eigenvalue weighted by Gasteiger charge is 2.65. The molecule has 1 aromatic carbocycles. The van der Waals surface area contributed by atoms with E-state index in [4.69, 9.17) is 9.47 Å². The minimum absolute atomic E-state index is 0.00318. The number of hydrogen-bond donors (Lipinski definition) is 1. The van der Waals surface area contributed by atoms with E-state index in [9.17, 15) is 27.2 Å². The maximum absolute atomic E-state index is 14.0. The Kier molecular flexibility index (Phi) is 6.64. The molecule has 1 aliphatic rings. The van der Waals surface area contributed by atoms with Gasteiger partial charge in [0.05, 0.1) is 14.2 Å². The third-order valence-electron chi connectivity index (χ3n) is 5.90. The molecule has 0 radical (unpaired) electrons. The summed E-state index contributed by atoms with van der Waals surface area (Å²) in [4.78, 5) is 28.6. The van der Waals surface area contributed by atoms with E-state index >= 15 is 0 Å². The van der Waals surface area contributed by atoms with Gasteiger partial charge in [0.1, 0.15) is 23.4 Å². The third kappa shape index (κ3) is 4.50. The van der Waals surface area contributed by atoms with Crippen LogP contribution in [0.2, 0.25) is 0 Å². The van der Waals surface area contributed by atoms with Crippen LogP contribution in [0.4, 0.5) is 23.2 Å². The fourth-order valence-electron chi connectivity index (χ4n) is 3.92. The SMILES string of the molecule is COC(=O)c1cc(NC(=O)[C@@H]2O[C@@](C)(C(F)(F)F)[C@@H](C)[C@H]2c2ccc(F)cc2OC)ccn1. The number of methoxy groups -OCH3 is 2. The lowest BCUT2D eigenvalue weighted by Gasteiger charge is -2.32. The van der Waals surface area contributed by atoms with Gasteiger partial charge in [0.2, 0.25) is 0 Å². The average molecular weight is 470 g/mol. The number of esters is 1. The van der Waals surface area contributed by atoms with Gasteiger partial charge in [-0.2, -0.15) is 13.2 Å². The van der Waals surface area contributed by atoms with Gasteiger partial charge in [-0.05, 0) is 25.1 Å². The molecule has 0 aliphatic carbocycles. The van der Waals surface area contributed by atoms with Crippen LogP contribution >= 0.6 is 0 Å². The molecular formula is C22H22F4N2O5. The maximum Gasteiger partial charge on any atom is 0.417 e. The quantitative estimate of drug-likeness (QED) is 0.523. The highest BCUT2D eigenvalue weighted by atomic mass is 19.4. The molecular weight excluding hydrogens is 448 g/mol. The molecule has 33 heavy (non-hydrogen) atoms. The van der Waals surface area contributed by atoms with Gasteiger partial charge >= 0.3 is 12.1 Å². The first-order valence-electron chi connectivity index (χ1n) is 9.86. The number of ether oxygens (including phenoxy) is 3. The summed E-state index contributed by atoms with van der Waals surface area (Å²) in [5, 5.41) is 2.47. The molecule has 0 saturated carbocycles. The van der Waals surface area contributed by atoms with E-state index in [1.54, 1.807) is 0 Å². The molecule has 3 rings (SSSR count). The molecule has 1 saturated heterocycles. The van der Waals surface area contributed by atoms with Gasteiger partial charge in [0.15, 0.2) is 5.60 Å². The van der Waals surface area contributed by atoms with Gasteiger partial charge in [0.25, 0.3) is 5.91 Å². The third-order valence-corrected chi connectivity index (χ3v) is 5.90. The summed E-state index contributed by atoms with van der Waals surface area (Å²) < 4.78 is 70.7. The summed E-state index contributed by atoms with van der Waals surface area (Å²) >= 11 is 0. The van der Waals surface area contributed by atoms with Crippen LogP contribution in [0.3, 0.4) is 0 Å². The van der Waals surface area contributed by atoms with Crippen molar-refractivity contribution in [3.8, 4) is 5.75 Å². The molecule has 0 unspecified atom stereocenters. The summed E-state index contributed by atoms with van der Waals surface area (Å²) in [5.74, 6) is -4.63. The summed E-state index contributed by atoms with van der Waals surface area (Å²) in [5.41, 5.74) is -2.46. The van der Waals surface area contributed by atoms with Crippen LogP contribution < -0.4 is 10.1 Å². The van der Waals surface area contributed by atoms with Crippen LogP contribution in [0.5, 0.6) is 5.75 Å². The number of alkyl halides is 3. The molecule has 4 atom stereocenters. The molecule has 2 aromatic rings. The zero-order valence-electron chi connectivity index (χ0n) is 18.2. The molecule has 1 aliphatic heterocycles. The van der Waals surface area contributed by atoms with E-state index in [-0.39, 0.29) is 22.7 Å². The number of rotatable bonds is 5. The summed E-state index contributed by atoms with van der Waals surface area (Å²) in [7, 11) is 2.41. The van der Waals surface area contributed by atoms with Gasteiger partial charge < -0.3 is 19.5 Å². The zero-order chi connectivity index (χ0) is 24.6. The van der Waals surface area contributed by atoms with Crippen molar-refractivity contribution in [1.29, 1.82) is 0 Å². The van der Waals surface area contributed by atoms with E-state index in [0.717, 1.165) is 26.2 Å². The van der Waals surface area contributed by atoms with Gasteiger partial charge in [0, 0.05) is 35.3 Å². The first-order chi connectivity index (χ1) is 15.4. The van der Waals surface area contributed by atoms with Crippen LogP contribution in [-0.4, -0.2) is 49.0 Å². The number of halogens is 4. The number of anilines is 1. The van der Waals surface area contributed by atoms with Crippen molar-refractivity contribution in [2.24, 2.45) is 5.92 Å². The first kappa shape index (κ1) is 24.4. The molecule has 1 amide bonds. The number of nitrogens with zero attached hydrogens (tertiary/aromatic N) is 1. The number of carbonyl (C=O) groups is 2. The normalized spacial score (nSPS) is 24.9. The zero-order valence-corrected chi connectivity index (χ0v) is 18.2. The predicted molar refractivity (Wildman–Crippen MR) is 108 cm³/mol. The van der Waals surface area contributed by atoms with Crippen molar-refractivity contribution in [3.05, 3.63) is 53.6 Å². The molecule has 0 bridgehead atoms. The van der Waals surface area contributed by atoms with Crippen molar-refractivity contribution >= 4 is 17.6 Å². The van der Waals surface area contributed by atoms with Crippen molar-refractivity contribution < 1.29 is 41.4 Å². The minimum Gasteiger partial charge on any atom is -0.496 e. The Morgan fingerprint density at radius 3 is 2.48 bits per heavy atom. The van der Waals surface area contributed by atoms with E-state index in [1.807, 2.05) is 0 Å². The molecule has 1 fully saturated rings. The van der Waals surface area contributed by atoms with Crippen molar-refractivity contribution in [3.63, 3.8) is 0 Å². The molecule has 0 spiro atoms. The number of nitrogens with one attached hydrogen (secondary N) is 1. The number of hydrogen-bond acceptors (Lipinski definition) is 6. The summed E-state index contributed by atoms with van der Waals surface area (Å²) in [6.07, 6.45) is -5.15. The summed E-state index contributed by atoms with van der Waals surface area (Å²) in [6, 6.07) is 5.97. The second-order valence-corrected chi connectivity index (χ2v) is 7.75. The standard InChI is InChI=1S/C22H22F4N2O5/c1-11-17(14-6-5-12(23)9-16(14)31-3)18(33-21(11,2)22(24,25)26)19(29)28-13-7-8-27-15(10-13)20(30)32-4/h5-11,17-18H,1-4H3,(H,27,28,29)/t11-,17-,18+,21+/m0/s1. The molecule has 11 heteroatoms. The molecule has 1 N–H and O–H groups in total. The van der Waals surface area contributed by atoms with Crippen LogP contribution in [-0.2, 0) is 14.3 Å². The van der Waals surface area contributed by atoms with E-state index < -0.39 is 47.4 Å². The first-order valence-corrected chi connectivity index (χ1v) is 9.86. The van der Waals surface area contributed by atoms with E-state index in [0.29, 0.717) is 0 Å². The monoisotopic (exact) mass is 470 g/mol. The average Bonchev–Trinajstić information content (AvgIpc) is 3.05. The number of amides is 1. The van der Waals surface area contributed by atoms with Gasteiger partial charge in [-0.1, -0.05) is 13.0 Å². The van der Waals surface area contributed by atoms with Crippen molar-refractivity contribution in [2.45, 2.75) is 37.6 Å². The Hall–Kier alpha value is -3.21. The molecule has 2 heterocycles. The fraction of sp³-hybridized carbons (Fsp3) is 0.409. The fourth-order valence-corrected chi connectivity index (χ4v) is 3.92. The largest absolute Gasteiger partial charge is 0.496 e. The maximum atomic E-state index is 14.0. The van der Waals surface area contributed by atoms with Crippen LogP contribution in [0.15, 0.2) is 36.5 Å². The van der Waals surface area contributed by atoms with Crippen LogP contribution in [0, 0.1) is 11.7 Å². The Morgan fingerprint density at radius 2 is 1.88 bits per heavy atom. The molecule has 7 nitrogen and oxygen atoms in total. The minimum atomic E-state index is -4.79. The highest BCUT2D eigenvalue weighted by molar-refractivity contribution is 5.96. The van der Waals surface area contributed by atoms with Gasteiger partial charge in [-0.15, -0.1) is 0 Å². The van der Waals surface area contributed by atoms with Crippen LogP contribution in [0.1, 0.15) is 35.8 Å². The Bertz CT molecular complexity index is 1060. The van der Waals surface area contributed by atoms with Gasteiger partial charge in [-0.25, -0.2) is 14.2 Å². The van der Waals surface area contributed by atoms with E-state index in [2.05, 4.69) is 15.0 Å². The Balaban J connectivity index is 2.02. The van der Waals surface area contributed by atoms with Crippen molar-refractivity contribution in [2.75, 3.05) is 19.5 Å². The van der Waals surface area contributed by atoms with E-state index in [1.165, 1.54) is 38.4 Å². The number of benzene rings is 1. The summed E-state index contributed by atoms with van der Waals surface area (Å²) in [6.45, 7) is 2.19. The lowest BCUT2D eigenvalue weighted by atomic mass is 9.77. The lowest BCUT2D eigenvalue weighted by Crippen LogP contribution is -2.47. The topological polar surface area (TPSA) is 86.8 Å². The van der Waals surface area contributed by atoms with Gasteiger partial charge in [-0.3, -0.25) is 4.79 Å².